The van der Waals surface area contributed by atoms with Gasteiger partial charge in [0.25, 0.3) is 0 Å². The molecule has 4 N–H and O–H groups in total. The number of anilines is 1. The van der Waals surface area contributed by atoms with E-state index in [2.05, 4.69) is 10.6 Å². The molecule has 0 aliphatic heterocycles. The van der Waals surface area contributed by atoms with Crippen LogP contribution < -0.4 is 16.4 Å². The molecule has 1 aromatic carbocycles. The maximum Gasteiger partial charge on any atom is 0.319 e. The minimum atomic E-state index is -0.439. The van der Waals surface area contributed by atoms with Crippen LogP contribution in [0.4, 0.5) is 10.5 Å². The summed E-state index contributed by atoms with van der Waals surface area (Å²) in [6, 6.07) is 6.73. The predicted molar refractivity (Wildman–Crippen MR) is 66.7 cm³/mol. The van der Waals surface area contributed by atoms with Crippen LogP contribution in [0, 0.1) is 0 Å². The second kappa shape index (κ2) is 5.18. The van der Waals surface area contributed by atoms with Crippen LogP contribution in [0.25, 0.3) is 0 Å². The van der Waals surface area contributed by atoms with Crippen LogP contribution in [0.5, 0.6) is 0 Å². The molecular weight excluding hydrogens is 226 g/mol. The van der Waals surface area contributed by atoms with Crippen LogP contribution in [0.2, 0.25) is 5.02 Å². The first kappa shape index (κ1) is 12.8. The number of benzene rings is 1. The molecule has 2 amide bonds. The molecule has 0 atom stereocenters. The van der Waals surface area contributed by atoms with Crippen LogP contribution >= 0.6 is 11.6 Å². The van der Waals surface area contributed by atoms with E-state index in [0.717, 1.165) is 0 Å². The van der Waals surface area contributed by atoms with Gasteiger partial charge in [-0.05, 0) is 26.0 Å². The third-order valence-corrected chi connectivity index (χ3v) is 2.41. The molecule has 0 spiro atoms. The SMILES string of the molecule is CC(C)(CN)NC(=O)Nc1ccccc1Cl. The zero-order chi connectivity index (χ0) is 12.2. The van der Waals surface area contributed by atoms with Gasteiger partial charge in [-0.1, -0.05) is 23.7 Å². The highest BCUT2D eigenvalue weighted by atomic mass is 35.5. The highest BCUT2D eigenvalue weighted by Gasteiger charge is 2.18. The lowest BCUT2D eigenvalue weighted by molar-refractivity contribution is 0.242. The van der Waals surface area contributed by atoms with Crippen molar-refractivity contribution >= 4 is 23.3 Å². The Hall–Kier alpha value is -1.26. The molecule has 0 radical (unpaired) electrons. The average Bonchev–Trinajstić information content (AvgIpc) is 2.21. The van der Waals surface area contributed by atoms with Gasteiger partial charge in [-0.25, -0.2) is 4.79 Å². The molecule has 1 rings (SSSR count). The number of para-hydroxylation sites is 1. The first-order chi connectivity index (χ1) is 7.44. The first-order valence-corrected chi connectivity index (χ1v) is 5.36. The van der Waals surface area contributed by atoms with Crippen LogP contribution in [0.3, 0.4) is 0 Å². The van der Waals surface area contributed by atoms with Gasteiger partial charge in [0.05, 0.1) is 10.7 Å². The first-order valence-electron chi connectivity index (χ1n) is 4.98. The molecule has 0 heterocycles. The fraction of sp³-hybridized carbons (Fsp3) is 0.364. The molecule has 0 fully saturated rings. The quantitative estimate of drug-likeness (QED) is 0.760. The highest BCUT2D eigenvalue weighted by molar-refractivity contribution is 6.33. The van der Waals surface area contributed by atoms with E-state index in [4.69, 9.17) is 17.3 Å². The zero-order valence-electron chi connectivity index (χ0n) is 9.38. The number of nitrogens with one attached hydrogen (secondary N) is 2. The van der Waals surface area contributed by atoms with Crippen molar-refractivity contribution in [1.29, 1.82) is 0 Å². The van der Waals surface area contributed by atoms with Gasteiger partial charge in [0, 0.05) is 12.1 Å². The van der Waals surface area contributed by atoms with Gasteiger partial charge in [0.2, 0.25) is 0 Å². The zero-order valence-corrected chi connectivity index (χ0v) is 10.1. The van der Waals surface area contributed by atoms with E-state index in [-0.39, 0.29) is 6.03 Å². The molecule has 1 aromatic rings. The molecule has 0 bridgehead atoms. The van der Waals surface area contributed by atoms with E-state index in [1.807, 2.05) is 13.8 Å². The minimum absolute atomic E-state index is 0.316. The number of carbonyl (C=O) groups is 1. The van der Waals surface area contributed by atoms with Crippen molar-refractivity contribution in [3.63, 3.8) is 0 Å². The number of hydrogen-bond donors (Lipinski definition) is 3. The summed E-state index contributed by atoms with van der Waals surface area (Å²) < 4.78 is 0. The number of urea groups is 1. The molecule has 0 aliphatic carbocycles. The third kappa shape index (κ3) is 3.72. The molecule has 0 aliphatic rings. The Morgan fingerprint density at radius 2 is 2.06 bits per heavy atom. The minimum Gasteiger partial charge on any atom is -0.332 e. The molecule has 16 heavy (non-hydrogen) atoms. The standard InChI is InChI=1S/C11H16ClN3O/c1-11(2,7-13)15-10(16)14-9-6-4-3-5-8(9)12/h3-6H,7,13H2,1-2H3,(H2,14,15,16). The summed E-state index contributed by atoms with van der Waals surface area (Å²) in [5.74, 6) is 0. The van der Waals surface area contributed by atoms with Crippen LogP contribution in [-0.4, -0.2) is 18.1 Å². The van der Waals surface area contributed by atoms with E-state index in [0.29, 0.717) is 17.3 Å². The second-order valence-electron chi connectivity index (χ2n) is 4.15. The summed E-state index contributed by atoms with van der Waals surface area (Å²) in [7, 11) is 0. The van der Waals surface area contributed by atoms with Crippen molar-refractivity contribution in [2.45, 2.75) is 19.4 Å². The van der Waals surface area contributed by atoms with Crippen LogP contribution in [-0.2, 0) is 0 Å². The number of halogens is 1. The Morgan fingerprint density at radius 1 is 1.44 bits per heavy atom. The van der Waals surface area contributed by atoms with E-state index in [1.165, 1.54) is 0 Å². The van der Waals surface area contributed by atoms with Crippen molar-refractivity contribution in [2.24, 2.45) is 5.73 Å². The van der Waals surface area contributed by atoms with E-state index in [1.54, 1.807) is 24.3 Å². The topological polar surface area (TPSA) is 67.1 Å². The van der Waals surface area contributed by atoms with Gasteiger partial charge >= 0.3 is 6.03 Å². The van der Waals surface area contributed by atoms with Gasteiger partial charge in [0.1, 0.15) is 0 Å². The fourth-order valence-corrected chi connectivity index (χ4v) is 1.26. The van der Waals surface area contributed by atoms with Gasteiger partial charge in [-0.15, -0.1) is 0 Å². The Morgan fingerprint density at radius 3 is 2.62 bits per heavy atom. The summed E-state index contributed by atoms with van der Waals surface area (Å²) in [5.41, 5.74) is 5.65. The number of rotatable bonds is 3. The third-order valence-electron chi connectivity index (χ3n) is 2.08. The van der Waals surface area contributed by atoms with Gasteiger partial charge in [-0.2, -0.15) is 0 Å². The Labute approximate surface area is 100 Å². The van der Waals surface area contributed by atoms with Gasteiger partial charge < -0.3 is 16.4 Å². The van der Waals surface area contributed by atoms with Gasteiger partial charge in [-0.3, -0.25) is 0 Å². The lowest BCUT2D eigenvalue weighted by atomic mass is 10.1. The van der Waals surface area contributed by atoms with E-state index >= 15 is 0 Å². The summed E-state index contributed by atoms with van der Waals surface area (Å²) in [6.07, 6.45) is 0. The van der Waals surface area contributed by atoms with Gasteiger partial charge in [0.15, 0.2) is 0 Å². The average molecular weight is 242 g/mol. The summed E-state index contributed by atoms with van der Waals surface area (Å²) in [6.45, 7) is 4.06. The lowest BCUT2D eigenvalue weighted by Crippen LogP contribution is -2.50. The number of carbonyl (C=O) groups excluding carboxylic acids is 1. The van der Waals surface area contributed by atoms with E-state index in [9.17, 15) is 4.79 Å². The van der Waals surface area contributed by atoms with Crippen molar-refractivity contribution in [2.75, 3.05) is 11.9 Å². The molecule has 0 saturated carbocycles. The predicted octanol–water partition coefficient (Wildman–Crippen LogP) is 2.20. The second-order valence-corrected chi connectivity index (χ2v) is 4.55. The Balaban J connectivity index is 2.62. The maximum absolute atomic E-state index is 11.6. The molecule has 0 saturated heterocycles. The Kier molecular flexibility index (Phi) is 4.15. The highest BCUT2D eigenvalue weighted by Crippen LogP contribution is 2.20. The number of hydrogen-bond acceptors (Lipinski definition) is 2. The van der Waals surface area contributed by atoms with Crippen LogP contribution in [0.1, 0.15) is 13.8 Å². The molecule has 88 valence electrons. The monoisotopic (exact) mass is 241 g/mol. The summed E-state index contributed by atoms with van der Waals surface area (Å²) in [5, 5.41) is 5.91. The van der Waals surface area contributed by atoms with Crippen LogP contribution in [0.15, 0.2) is 24.3 Å². The smallest absolute Gasteiger partial charge is 0.319 e. The van der Waals surface area contributed by atoms with E-state index < -0.39 is 5.54 Å². The fourth-order valence-electron chi connectivity index (χ4n) is 1.07. The summed E-state index contributed by atoms with van der Waals surface area (Å²) in [4.78, 5) is 11.6. The number of nitrogens with two attached hydrogens (primary N) is 1. The summed E-state index contributed by atoms with van der Waals surface area (Å²) >= 11 is 5.91. The maximum atomic E-state index is 11.6. The number of amides is 2. The normalized spacial score (nSPS) is 11.0. The van der Waals surface area contributed by atoms with Crippen molar-refractivity contribution < 1.29 is 4.79 Å². The molecule has 4 nitrogen and oxygen atoms in total. The van der Waals surface area contributed by atoms with Crippen molar-refractivity contribution in [3.05, 3.63) is 29.3 Å². The molecule has 0 unspecified atom stereocenters. The molecule has 0 aromatic heterocycles. The van der Waals surface area contributed by atoms with Crippen molar-refractivity contribution in [3.8, 4) is 0 Å². The Bertz CT molecular complexity index is 379. The van der Waals surface area contributed by atoms with Crippen molar-refractivity contribution in [1.82, 2.24) is 5.32 Å². The largest absolute Gasteiger partial charge is 0.332 e. The lowest BCUT2D eigenvalue weighted by Gasteiger charge is -2.24. The molecular formula is C11H16ClN3O. The molecule has 5 heteroatoms.